The van der Waals surface area contributed by atoms with Crippen molar-refractivity contribution in [1.29, 1.82) is 0 Å². The number of nitro groups is 1. The second-order valence-electron chi connectivity index (χ2n) is 6.55. The molecule has 9 heteroatoms. The SMILES string of the molecule is CN(CCCC(=O)Nc1cccc([N+](=O)[O-])c1N)C(=O)OC(C)(C)C. The average molecular weight is 352 g/mol. The molecule has 0 unspecified atom stereocenters. The summed E-state index contributed by atoms with van der Waals surface area (Å²) in [6, 6.07) is 4.20. The van der Waals surface area contributed by atoms with E-state index in [-0.39, 0.29) is 29.4 Å². The Morgan fingerprint density at radius 3 is 2.56 bits per heavy atom. The van der Waals surface area contributed by atoms with Crippen molar-refractivity contribution in [3.05, 3.63) is 28.3 Å². The van der Waals surface area contributed by atoms with Gasteiger partial charge in [-0.05, 0) is 33.3 Å². The van der Waals surface area contributed by atoms with E-state index >= 15 is 0 Å². The first kappa shape index (κ1) is 20.2. The molecular weight excluding hydrogens is 328 g/mol. The molecule has 0 aliphatic heterocycles. The van der Waals surface area contributed by atoms with Gasteiger partial charge in [0.25, 0.3) is 5.69 Å². The molecule has 3 N–H and O–H groups in total. The summed E-state index contributed by atoms with van der Waals surface area (Å²) in [6.07, 6.45) is 0.0851. The van der Waals surface area contributed by atoms with Gasteiger partial charge in [-0.15, -0.1) is 0 Å². The van der Waals surface area contributed by atoms with Crippen LogP contribution in [0.5, 0.6) is 0 Å². The Balaban J connectivity index is 2.50. The largest absolute Gasteiger partial charge is 0.444 e. The van der Waals surface area contributed by atoms with Crippen molar-refractivity contribution in [2.24, 2.45) is 0 Å². The van der Waals surface area contributed by atoms with E-state index in [9.17, 15) is 19.7 Å². The number of amides is 2. The number of ether oxygens (including phenoxy) is 1. The van der Waals surface area contributed by atoms with Gasteiger partial charge in [0.2, 0.25) is 5.91 Å². The molecule has 0 bridgehead atoms. The van der Waals surface area contributed by atoms with Gasteiger partial charge in [-0.3, -0.25) is 14.9 Å². The number of carbonyl (C=O) groups excluding carboxylic acids is 2. The lowest BCUT2D eigenvalue weighted by Gasteiger charge is -2.24. The molecule has 0 fully saturated rings. The van der Waals surface area contributed by atoms with Crippen LogP contribution in [0, 0.1) is 10.1 Å². The molecule has 0 radical (unpaired) electrons. The molecule has 2 amide bonds. The zero-order valence-electron chi connectivity index (χ0n) is 14.9. The lowest BCUT2D eigenvalue weighted by atomic mass is 10.2. The topological polar surface area (TPSA) is 128 Å². The van der Waals surface area contributed by atoms with Crippen LogP contribution < -0.4 is 11.1 Å². The number of para-hydroxylation sites is 1. The molecule has 0 spiro atoms. The second-order valence-corrected chi connectivity index (χ2v) is 6.55. The summed E-state index contributed by atoms with van der Waals surface area (Å²) >= 11 is 0. The molecule has 0 atom stereocenters. The Hall–Kier alpha value is -2.84. The molecule has 1 rings (SSSR count). The van der Waals surface area contributed by atoms with E-state index in [2.05, 4.69) is 5.32 Å². The standard InChI is InChI=1S/C16H24N4O5/c1-16(2,3)25-15(22)19(4)10-6-9-13(21)18-11-7-5-8-12(14(11)17)20(23)24/h5,7-8H,6,9-10,17H2,1-4H3,(H,18,21). The number of carbonyl (C=O) groups is 2. The van der Waals surface area contributed by atoms with E-state index in [1.807, 2.05) is 0 Å². The number of hydrogen-bond acceptors (Lipinski definition) is 6. The Bertz CT molecular complexity index is 654. The monoisotopic (exact) mass is 352 g/mol. The normalized spacial score (nSPS) is 10.9. The van der Waals surface area contributed by atoms with E-state index in [0.717, 1.165) is 0 Å². The number of nitrogens with one attached hydrogen (secondary N) is 1. The van der Waals surface area contributed by atoms with Gasteiger partial charge in [-0.25, -0.2) is 4.79 Å². The molecule has 138 valence electrons. The van der Waals surface area contributed by atoms with Crippen LogP contribution in [0.3, 0.4) is 0 Å². The van der Waals surface area contributed by atoms with Gasteiger partial charge in [0, 0.05) is 26.1 Å². The van der Waals surface area contributed by atoms with Crippen molar-refractivity contribution in [1.82, 2.24) is 4.90 Å². The highest BCUT2D eigenvalue weighted by molar-refractivity contribution is 5.95. The maximum atomic E-state index is 12.0. The summed E-state index contributed by atoms with van der Waals surface area (Å²) in [5, 5.41) is 13.4. The number of anilines is 2. The highest BCUT2D eigenvalue weighted by Gasteiger charge is 2.20. The first-order valence-corrected chi connectivity index (χ1v) is 7.78. The molecule has 1 aromatic carbocycles. The fraction of sp³-hybridized carbons (Fsp3) is 0.500. The number of nitrogen functional groups attached to an aromatic ring is 1. The molecule has 0 aliphatic carbocycles. The van der Waals surface area contributed by atoms with E-state index in [1.54, 1.807) is 27.8 Å². The predicted molar refractivity (Wildman–Crippen MR) is 94.2 cm³/mol. The van der Waals surface area contributed by atoms with Gasteiger partial charge in [-0.2, -0.15) is 0 Å². The van der Waals surface area contributed by atoms with Crippen LogP contribution in [0.1, 0.15) is 33.6 Å². The van der Waals surface area contributed by atoms with Gasteiger partial charge in [0.1, 0.15) is 11.3 Å². The number of rotatable bonds is 6. The summed E-state index contributed by atoms with van der Waals surface area (Å²) in [4.78, 5) is 35.4. The van der Waals surface area contributed by atoms with Crippen molar-refractivity contribution < 1.29 is 19.2 Å². The highest BCUT2D eigenvalue weighted by atomic mass is 16.6. The van der Waals surface area contributed by atoms with Crippen molar-refractivity contribution in [3.63, 3.8) is 0 Å². The Morgan fingerprint density at radius 2 is 2.00 bits per heavy atom. The van der Waals surface area contributed by atoms with E-state index in [0.29, 0.717) is 13.0 Å². The fourth-order valence-corrected chi connectivity index (χ4v) is 1.94. The van der Waals surface area contributed by atoms with Gasteiger partial charge < -0.3 is 20.7 Å². The minimum absolute atomic E-state index is 0.0910. The Labute approximate surface area is 146 Å². The number of nitrogens with zero attached hydrogens (tertiary/aromatic N) is 2. The van der Waals surface area contributed by atoms with Crippen molar-refractivity contribution in [2.75, 3.05) is 24.6 Å². The third kappa shape index (κ3) is 6.66. The molecule has 0 aliphatic rings. The van der Waals surface area contributed by atoms with Gasteiger partial charge in [0.15, 0.2) is 0 Å². The first-order valence-electron chi connectivity index (χ1n) is 7.78. The molecule has 0 saturated carbocycles. The van der Waals surface area contributed by atoms with Gasteiger partial charge in [0.05, 0.1) is 10.6 Å². The minimum Gasteiger partial charge on any atom is -0.444 e. The van der Waals surface area contributed by atoms with Crippen LogP contribution in [0.4, 0.5) is 21.9 Å². The molecule has 0 saturated heterocycles. The van der Waals surface area contributed by atoms with Crippen molar-refractivity contribution >= 4 is 29.1 Å². The number of nitrogens with two attached hydrogens (primary N) is 1. The van der Waals surface area contributed by atoms with Crippen molar-refractivity contribution in [3.8, 4) is 0 Å². The van der Waals surface area contributed by atoms with Gasteiger partial charge >= 0.3 is 6.09 Å². The van der Waals surface area contributed by atoms with Gasteiger partial charge in [-0.1, -0.05) is 6.07 Å². The molecule has 25 heavy (non-hydrogen) atoms. The summed E-state index contributed by atoms with van der Waals surface area (Å²) < 4.78 is 5.21. The molecule has 0 aromatic heterocycles. The third-order valence-electron chi connectivity index (χ3n) is 3.16. The lowest BCUT2D eigenvalue weighted by Crippen LogP contribution is -2.35. The maximum absolute atomic E-state index is 12.0. The average Bonchev–Trinajstić information content (AvgIpc) is 2.47. The zero-order chi connectivity index (χ0) is 19.2. The predicted octanol–water partition coefficient (Wildman–Crippen LogP) is 2.76. The van der Waals surface area contributed by atoms with Crippen LogP contribution in [0.15, 0.2) is 18.2 Å². The van der Waals surface area contributed by atoms with Crippen LogP contribution in [-0.2, 0) is 9.53 Å². The maximum Gasteiger partial charge on any atom is 0.410 e. The quantitative estimate of drug-likeness (QED) is 0.460. The van der Waals surface area contributed by atoms with E-state index in [1.165, 1.54) is 23.1 Å². The summed E-state index contributed by atoms with van der Waals surface area (Å²) in [6.45, 7) is 5.66. The van der Waals surface area contributed by atoms with Crippen LogP contribution in [0.25, 0.3) is 0 Å². The third-order valence-corrected chi connectivity index (χ3v) is 3.16. The summed E-state index contributed by atoms with van der Waals surface area (Å²) in [7, 11) is 1.59. The fourth-order valence-electron chi connectivity index (χ4n) is 1.94. The Kier molecular flexibility index (Phi) is 6.72. The highest BCUT2D eigenvalue weighted by Crippen LogP contribution is 2.28. The summed E-state index contributed by atoms with van der Waals surface area (Å²) in [5.74, 6) is -0.343. The minimum atomic E-state index is -0.610. The summed E-state index contributed by atoms with van der Waals surface area (Å²) in [5.41, 5.74) is 4.94. The second kappa shape index (κ2) is 8.32. The smallest absolute Gasteiger partial charge is 0.410 e. The Morgan fingerprint density at radius 1 is 1.36 bits per heavy atom. The van der Waals surface area contributed by atoms with Crippen LogP contribution in [0.2, 0.25) is 0 Å². The molecule has 9 nitrogen and oxygen atoms in total. The van der Waals surface area contributed by atoms with E-state index < -0.39 is 16.6 Å². The zero-order valence-corrected chi connectivity index (χ0v) is 14.9. The van der Waals surface area contributed by atoms with Crippen LogP contribution in [-0.4, -0.2) is 41.0 Å². The van der Waals surface area contributed by atoms with Crippen LogP contribution >= 0.6 is 0 Å². The molecular formula is C16H24N4O5. The number of hydrogen-bond donors (Lipinski definition) is 2. The number of benzene rings is 1. The van der Waals surface area contributed by atoms with Crippen molar-refractivity contribution in [2.45, 2.75) is 39.2 Å². The molecule has 1 aromatic rings. The number of nitro benzene ring substituents is 1. The lowest BCUT2D eigenvalue weighted by molar-refractivity contribution is -0.383. The molecule has 0 heterocycles. The first-order chi connectivity index (χ1) is 11.5. The van der Waals surface area contributed by atoms with E-state index in [4.69, 9.17) is 10.5 Å².